The number of hydrogen-bond donors (Lipinski definition) is 2. The molecule has 1 fully saturated rings. The van der Waals surface area contributed by atoms with E-state index >= 15 is 0 Å². The summed E-state index contributed by atoms with van der Waals surface area (Å²) < 4.78 is 5.53. The van der Waals surface area contributed by atoms with Gasteiger partial charge in [0.1, 0.15) is 0 Å². The van der Waals surface area contributed by atoms with Crippen LogP contribution in [0.15, 0.2) is 22.5 Å². The molecule has 0 unspecified atom stereocenters. The molecule has 0 saturated carbocycles. The lowest BCUT2D eigenvalue weighted by Gasteiger charge is -2.41. The molecule has 0 bridgehead atoms. The van der Waals surface area contributed by atoms with Gasteiger partial charge in [0, 0.05) is 36.7 Å². The van der Waals surface area contributed by atoms with Crippen molar-refractivity contribution in [3.05, 3.63) is 22.4 Å². The summed E-state index contributed by atoms with van der Waals surface area (Å²) >= 11 is 1.81. The van der Waals surface area contributed by atoms with Gasteiger partial charge in [-0.15, -0.1) is 11.3 Å². The average molecular weight is 339 g/mol. The van der Waals surface area contributed by atoms with Gasteiger partial charge in [-0.05, 0) is 51.7 Å². The molecule has 0 amide bonds. The van der Waals surface area contributed by atoms with Gasteiger partial charge < -0.3 is 20.3 Å². The van der Waals surface area contributed by atoms with Crippen LogP contribution >= 0.6 is 11.3 Å². The van der Waals surface area contributed by atoms with Crippen LogP contribution in [0, 0.1) is 0 Å². The standard InChI is InChI=1S/C17H30N4OS/c1-4-18-16(19-10-7-15-6-5-13-23-15)20-14-17(21(2)3)8-11-22-12-9-17/h5-6,13H,4,7-12,14H2,1-3H3,(H2,18,19,20). The Labute approximate surface area is 144 Å². The highest BCUT2D eigenvalue weighted by molar-refractivity contribution is 7.09. The van der Waals surface area contributed by atoms with Crippen LogP contribution in [0.25, 0.3) is 0 Å². The third-order valence-electron chi connectivity index (χ3n) is 4.49. The molecule has 23 heavy (non-hydrogen) atoms. The number of nitrogens with zero attached hydrogens (tertiary/aromatic N) is 2. The number of aliphatic imine (C=N–C) groups is 1. The average Bonchev–Trinajstić information content (AvgIpc) is 3.07. The molecule has 6 heteroatoms. The lowest BCUT2D eigenvalue weighted by molar-refractivity contribution is -0.00254. The van der Waals surface area contributed by atoms with Gasteiger partial charge in [0.2, 0.25) is 0 Å². The van der Waals surface area contributed by atoms with E-state index in [0.717, 1.165) is 58.1 Å². The molecule has 2 N–H and O–H groups in total. The van der Waals surface area contributed by atoms with Gasteiger partial charge in [-0.2, -0.15) is 0 Å². The predicted octanol–water partition coefficient (Wildman–Crippen LogP) is 1.96. The van der Waals surface area contributed by atoms with Crippen molar-refractivity contribution >= 4 is 17.3 Å². The van der Waals surface area contributed by atoms with Crippen molar-refractivity contribution in [2.45, 2.75) is 31.7 Å². The summed E-state index contributed by atoms with van der Waals surface area (Å²) in [6.45, 7) is 6.35. The molecule has 0 aliphatic carbocycles. The van der Waals surface area contributed by atoms with E-state index in [0.29, 0.717) is 0 Å². The zero-order valence-electron chi connectivity index (χ0n) is 14.6. The van der Waals surface area contributed by atoms with Crippen LogP contribution < -0.4 is 10.6 Å². The Balaban J connectivity index is 1.90. The van der Waals surface area contributed by atoms with E-state index in [1.807, 2.05) is 0 Å². The smallest absolute Gasteiger partial charge is 0.191 e. The van der Waals surface area contributed by atoms with Crippen molar-refractivity contribution in [2.24, 2.45) is 4.99 Å². The minimum atomic E-state index is 0.119. The summed E-state index contributed by atoms with van der Waals surface area (Å²) in [5, 5.41) is 8.93. The molecule has 2 rings (SSSR count). The molecule has 2 heterocycles. The zero-order valence-corrected chi connectivity index (χ0v) is 15.4. The Bertz CT molecular complexity index is 467. The van der Waals surface area contributed by atoms with Crippen LogP contribution in [-0.2, 0) is 11.2 Å². The second-order valence-corrected chi connectivity index (χ2v) is 7.21. The maximum atomic E-state index is 5.53. The van der Waals surface area contributed by atoms with Gasteiger partial charge >= 0.3 is 0 Å². The second-order valence-electron chi connectivity index (χ2n) is 6.18. The van der Waals surface area contributed by atoms with Gasteiger partial charge in [0.05, 0.1) is 6.54 Å². The lowest BCUT2D eigenvalue weighted by atomic mass is 9.89. The third-order valence-corrected chi connectivity index (χ3v) is 5.43. The molecule has 0 aromatic carbocycles. The maximum absolute atomic E-state index is 5.53. The fourth-order valence-corrected chi connectivity index (χ4v) is 3.53. The summed E-state index contributed by atoms with van der Waals surface area (Å²) in [5.41, 5.74) is 0.119. The molecule has 1 aliphatic heterocycles. The monoisotopic (exact) mass is 338 g/mol. The van der Waals surface area contributed by atoms with Gasteiger partial charge in [0.15, 0.2) is 5.96 Å². The number of rotatable bonds is 7. The number of likely N-dealkylation sites (N-methyl/N-ethyl adjacent to an activating group) is 1. The molecule has 0 spiro atoms. The van der Waals surface area contributed by atoms with Crippen molar-refractivity contribution in [3.63, 3.8) is 0 Å². The fraction of sp³-hybridized carbons (Fsp3) is 0.706. The number of thiophene rings is 1. The van der Waals surface area contributed by atoms with Gasteiger partial charge in [-0.25, -0.2) is 0 Å². The Morgan fingerprint density at radius 2 is 2.13 bits per heavy atom. The molecule has 130 valence electrons. The minimum absolute atomic E-state index is 0.119. The fourth-order valence-electron chi connectivity index (χ4n) is 2.83. The first kappa shape index (κ1) is 18.2. The molecule has 1 aliphatic rings. The summed E-state index contributed by atoms with van der Waals surface area (Å²) in [7, 11) is 4.30. The Morgan fingerprint density at radius 1 is 1.35 bits per heavy atom. The number of ether oxygens (including phenoxy) is 1. The predicted molar refractivity (Wildman–Crippen MR) is 98.5 cm³/mol. The molecule has 0 radical (unpaired) electrons. The van der Waals surface area contributed by atoms with Crippen LogP contribution in [0.1, 0.15) is 24.6 Å². The SMILES string of the molecule is CCNC(=NCC1(N(C)C)CCOCC1)NCCc1cccs1. The normalized spacial score (nSPS) is 18.2. The maximum Gasteiger partial charge on any atom is 0.191 e. The van der Waals surface area contributed by atoms with Gasteiger partial charge in [-0.1, -0.05) is 6.07 Å². The van der Waals surface area contributed by atoms with Crippen LogP contribution in [0.3, 0.4) is 0 Å². The molecular weight excluding hydrogens is 308 g/mol. The first-order valence-corrected chi connectivity index (χ1v) is 9.34. The van der Waals surface area contributed by atoms with Crippen molar-refractivity contribution in [1.82, 2.24) is 15.5 Å². The second kappa shape index (κ2) is 9.25. The van der Waals surface area contributed by atoms with Crippen molar-refractivity contribution in [3.8, 4) is 0 Å². The number of hydrogen-bond acceptors (Lipinski definition) is 4. The lowest BCUT2D eigenvalue weighted by Crippen LogP contribution is -2.51. The Kier molecular flexibility index (Phi) is 7.33. The van der Waals surface area contributed by atoms with E-state index in [4.69, 9.17) is 9.73 Å². The molecule has 5 nitrogen and oxygen atoms in total. The Hall–Kier alpha value is -1.11. The van der Waals surface area contributed by atoms with Crippen molar-refractivity contribution < 1.29 is 4.74 Å². The molecule has 0 atom stereocenters. The Morgan fingerprint density at radius 3 is 2.74 bits per heavy atom. The highest BCUT2D eigenvalue weighted by atomic mass is 32.1. The van der Waals surface area contributed by atoms with Crippen LogP contribution in [0.4, 0.5) is 0 Å². The summed E-state index contributed by atoms with van der Waals surface area (Å²) in [5.74, 6) is 0.914. The van der Waals surface area contributed by atoms with E-state index < -0.39 is 0 Å². The highest BCUT2D eigenvalue weighted by Crippen LogP contribution is 2.26. The summed E-state index contributed by atoms with van der Waals surface area (Å²) in [6.07, 6.45) is 3.12. The van der Waals surface area contributed by atoms with Gasteiger partial charge in [0.25, 0.3) is 0 Å². The third kappa shape index (κ3) is 5.48. The highest BCUT2D eigenvalue weighted by Gasteiger charge is 2.34. The van der Waals surface area contributed by atoms with E-state index in [9.17, 15) is 0 Å². The topological polar surface area (TPSA) is 48.9 Å². The van der Waals surface area contributed by atoms with Crippen molar-refractivity contribution in [2.75, 3.05) is 46.9 Å². The van der Waals surface area contributed by atoms with E-state index in [2.05, 4.69) is 54.1 Å². The molecule has 1 aromatic heterocycles. The van der Waals surface area contributed by atoms with Crippen LogP contribution in [-0.4, -0.2) is 63.3 Å². The number of guanidine groups is 1. The zero-order chi connectivity index (χ0) is 16.5. The largest absolute Gasteiger partial charge is 0.381 e. The first-order chi connectivity index (χ1) is 11.2. The molecule has 1 saturated heterocycles. The summed E-state index contributed by atoms with van der Waals surface area (Å²) in [6, 6.07) is 4.28. The van der Waals surface area contributed by atoms with E-state index in [1.165, 1.54) is 4.88 Å². The van der Waals surface area contributed by atoms with Crippen LogP contribution in [0.2, 0.25) is 0 Å². The first-order valence-electron chi connectivity index (χ1n) is 8.46. The van der Waals surface area contributed by atoms with Crippen LogP contribution in [0.5, 0.6) is 0 Å². The van der Waals surface area contributed by atoms with E-state index in [1.54, 1.807) is 11.3 Å². The number of nitrogens with one attached hydrogen (secondary N) is 2. The molecular formula is C17H30N4OS. The minimum Gasteiger partial charge on any atom is -0.381 e. The molecule has 1 aromatic rings. The van der Waals surface area contributed by atoms with Crippen molar-refractivity contribution in [1.29, 1.82) is 0 Å². The quantitative estimate of drug-likeness (QED) is 0.589. The van der Waals surface area contributed by atoms with E-state index in [-0.39, 0.29) is 5.54 Å². The van der Waals surface area contributed by atoms with Gasteiger partial charge in [-0.3, -0.25) is 4.99 Å². The summed E-state index contributed by atoms with van der Waals surface area (Å²) in [4.78, 5) is 8.57.